The van der Waals surface area contributed by atoms with E-state index in [1.165, 1.54) is 25.7 Å². The maximum absolute atomic E-state index is 12.0. The van der Waals surface area contributed by atoms with Gasteiger partial charge in [0.05, 0.1) is 0 Å². The first kappa shape index (κ1) is 20.2. The van der Waals surface area contributed by atoms with Crippen molar-refractivity contribution in [2.45, 2.75) is 31.7 Å². The molecule has 0 spiro atoms. The van der Waals surface area contributed by atoms with Gasteiger partial charge in [-0.25, -0.2) is 0 Å². The van der Waals surface area contributed by atoms with Crippen LogP contribution >= 0.6 is 39.9 Å². The van der Waals surface area contributed by atoms with Crippen LogP contribution in [0.4, 0.5) is 0 Å². The summed E-state index contributed by atoms with van der Waals surface area (Å²) in [5.41, 5.74) is 0.655. The van der Waals surface area contributed by atoms with Crippen LogP contribution in [-0.4, -0.2) is 38.0 Å². The van der Waals surface area contributed by atoms with Crippen molar-refractivity contribution in [3.8, 4) is 0 Å². The molecule has 1 fully saturated rings. The van der Waals surface area contributed by atoms with Gasteiger partial charge in [0, 0.05) is 36.2 Å². The predicted octanol–water partition coefficient (Wildman–Crippen LogP) is 2.90. The van der Waals surface area contributed by atoms with E-state index in [1.54, 1.807) is 13.1 Å². The van der Waals surface area contributed by atoms with Crippen LogP contribution in [-0.2, 0) is 0 Å². The van der Waals surface area contributed by atoms with Gasteiger partial charge in [-0.2, -0.15) is 0 Å². The highest BCUT2D eigenvalue weighted by atomic mass is 127. The number of carbonyl (C=O) groups excluding carboxylic acids is 1. The van der Waals surface area contributed by atoms with E-state index >= 15 is 0 Å². The van der Waals surface area contributed by atoms with Crippen molar-refractivity contribution in [3.63, 3.8) is 0 Å². The topological polar surface area (TPSA) is 65.5 Å². The molecule has 1 aromatic carbocycles. The third-order valence-electron chi connectivity index (χ3n) is 3.71. The summed E-state index contributed by atoms with van der Waals surface area (Å²) in [6.07, 6.45) is 5.00. The largest absolute Gasteiger partial charge is 0.355 e. The summed E-state index contributed by atoms with van der Waals surface area (Å²) in [6, 6.07) is 7.89. The molecule has 3 N–H and O–H groups in total. The maximum Gasteiger partial charge on any atom is 0.251 e. The lowest BCUT2D eigenvalue weighted by atomic mass is 10.2. The second-order valence-electron chi connectivity index (χ2n) is 5.39. The molecule has 1 saturated carbocycles. The highest BCUT2D eigenvalue weighted by Gasteiger charge is 2.15. The van der Waals surface area contributed by atoms with Gasteiger partial charge in [0.25, 0.3) is 5.91 Å². The molecule has 0 atom stereocenters. The Morgan fingerprint density at radius 1 is 1.26 bits per heavy atom. The molecule has 7 heteroatoms. The molecule has 0 radical (unpaired) electrons. The van der Waals surface area contributed by atoms with Gasteiger partial charge in [-0.05, 0) is 31.0 Å². The van der Waals surface area contributed by atoms with Crippen LogP contribution in [0.25, 0.3) is 0 Å². The standard InChI is InChI=1S/C16H23BrN4O.HI/c1-18-16(21-14-7-2-3-8-14)20-10-9-19-15(22)12-5-4-6-13(17)11-12;/h4-6,11,14H,2-3,7-10H2,1H3,(H,19,22)(H2,18,20,21);1H. The van der Waals surface area contributed by atoms with Crippen LogP contribution in [0, 0.1) is 0 Å². The fourth-order valence-electron chi connectivity index (χ4n) is 2.55. The molecule has 23 heavy (non-hydrogen) atoms. The highest BCUT2D eigenvalue weighted by molar-refractivity contribution is 14.0. The third-order valence-corrected chi connectivity index (χ3v) is 4.20. The number of nitrogens with zero attached hydrogens (tertiary/aromatic N) is 1. The summed E-state index contributed by atoms with van der Waals surface area (Å²) in [4.78, 5) is 16.2. The summed E-state index contributed by atoms with van der Waals surface area (Å²) < 4.78 is 0.902. The molecule has 1 aliphatic carbocycles. The smallest absolute Gasteiger partial charge is 0.251 e. The van der Waals surface area contributed by atoms with Crippen LogP contribution in [0.5, 0.6) is 0 Å². The first-order chi connectivity index (χ1) is 10.7. The number of halogens is 2. The number of rotatable bonds is 5. The van der Waals surface area contributed by atoms with Crippen molar-refractivity contribution in [1.29, 1.82) is 0 Å². The van der Waals surface area contributed by atoms with Gasteiger partial charge in [0.1, 0.15) is 0 Å². The fraction of sp³-hybridized carbons (Fsp3) is 0.500. The third kappa shape index (κ3) is 7.07. The van der Waals surface area contributed by atoms with Crippen molar-refractivity contribution in [2.24, 2.45) is 4.99 Å². The van der Waals surface area contributed by atoms with E-state index in [-0.39, 0.29) is 29.9 Å². The predicted molar refractivity (Wildman–Crippen MR) is 109 cm³/mol. The lowest BCUT2D eigenvalue weighted by Crippen LogP contribution is -2.44. The molecule has 0 heterocycles. The monoisotopic (exact) mass is 494 g/mol. The summed E-state index contributed by atoms with van der Waals surface area (Å²) in [6.45, 7) is 1.20. The van der Waals surface area contributed by atoms with Crippen LogP contribution in [0.15, 0.2) is 33.7 Å². The van der Waals surface area contributed by atoms with Gasteiger partial charge < -0.3 is 16.0 Å². The van der Waals surface area contributed by atoms with E-state index in [9.17, 15) is 4.79 Å². The molecule has 128 valence electrons. The molecule has 0 bridgehead atoms. The summed E-state index contributed by atoms with van der Waals surface area (Å²) in [5, 5.41) is 9.54. The Bertz CT molecular complexity index is 533. The number of benzene rings is 1. The molecular formula is C16H24BrIN4O. The van der Waals surface area contributed by atoms with E-state index in [0.717, 1.165) is 10.4 Å². The number of carbonyl (C=O) groups is 1. The molecule has 0 aliphatic heterocycles. The van der Waals surface area contributed by atoms with E-state index in [1.807, 2.05) is 18.2 Å². The summed E-state index contributed by atoms with van der Waals surface area (Å²) in [5.74, 6) is 0.741. The van der Waals surface area contributed by atoms with Crippen LogP contribution in [0.3, 0.4) is 0 Å². The minimum Gasteiger partial charge on any atom is -0.355 e. The minimum absolute atomic E-state index is 0. The molecule has 2 rings (SSSR count). The van der Waals surface area contributed by atoms with Crippen molar-refractivity contribution in [3.05, 3.63) is 34.3 Å². The molecule has 0 aromatic heterocycles. The molecule has 0 saturated heterocycles. The molecular weight excluding hydrogens is 471 g/mol. The van der Waals surface area contributed by atoms with Gasteiger partial charge in [0.2, 0.25) is 0 Å². The molecule has 1 aromatic rings. The van der Waals surface area contributed by atoms with Gasteiger partial charge >= 0.3 is 0 Å². The van der Waals surface area contributed by atoms with Crippen molar-refractivity contribution in [1.82, 2.24) is 16.0 Å². The molecule has 1 amide bonds. The van der Waals surface area contributed by atoms with Gasteiger partial charge in [-0.1, -0.05) is 34.8 Å². The summed E-state index contributed by atoms with van der Waals surface area (Å²) >= 11 is 3.37. The Kier molecular flexibility index (Phi) is 9.54. The number of hydrogen-bond donors (Lipinski definition) is 3. The number of amides is 1. The quantitative estimate of drug-likeness (QED) is 0.255. The van der Waals surface area contributed by atoms with Gasteiger partial charge in [-0.3, -0.25) is 9.79 Å². The van der Waals surface area contributed by atoms with Crippen molar-refractivity contribution < 1.29 is 4.79 Å². The molecule has 0 unspecified atom stereocenters. The zero-order valence-electron chi connectivity index (χ0n) is 13.3. The number of nitrogens with one attached hydrogen (secondary N) is 3. The van der Waals surface area contributed by atoms with Crippen molar-refractivity contribution in [2.75, 3.05) is 20.1 Å². The van der Waals surface area contributed by atoms with E-state index in [2.05, 4.69) is 36.9 Å². The Morgan fingerprint density at radius 2 is 1.96 bits per heavy atom. The average molecular weight is 495 g/mol. The van der Waals surface area contributed by atoms with Crippen LogP contribution in [0.1, 0.15) is 36.0 Å². The van der Waals surface area contributed by atoms with Gasteiger partial charge in [-0.15, -0.1) is 24.0 Å². The number of aliphatic imine (C=N–C) groups is 1. The zero-order valence-corrected chi connectivity index (χ0v) is 17.2. The summed E-state index contributed by atoms with van der Waals surface area (Å²) in [7, 11) is 1.77. The van der Waals surface area contributed by atoms with E-state index in [0.29, 0.717) is 24.7 Å². The number of hydrogen-bond acceptors (Lipinski definition) is 2. The lowest BCUT2D eigenvalue weighted by Gasteiger charge is -2.17. The van der Waals surface area contributed by atoms with E-state index < -0.39 is 0 Å². The first-order valence-electron chi connectivity index (χ1n) is 7.70. The lowest BCUT2D eigenvalue weighted by molar-refractivity contribution is 0.0954. The Balaban J connectivity index is 0.00000264. The highest BCUT2D eigenvalue weighted by Crippen LogP contribution is 2.17. The van der Waals surface area contributed by atoms with Crippen LogP contribution < -0.4 is 16.0 Å². The Morgan fingerprint density at radius 3 is 2.61 bits per heavy atom. The maximum atomic E-state index is 12.0. The first-order valence-corrected chi connectivity index (χ1v) is 8.49. The second-order valence-corrected chi connectivity index (χ2v) is 6.31. The normalized spacial score (nSPS) is 15.0. The van der Waals surface area contributed by atoms with Gasteiger partial charge in [0.15, 0.2) is 5.96 Å². The Hall–Kier alpha value is -0.830. The fourth-order valence-corrected chi connectivity index (χ4v) is 2.95. The van der Waals surface area contributed by atoms with E-state index in [4.69, 9.17) is 0 Å². The zero-order chi connectivity index (χ0) is 15.8. The van der Waals surface area contributed by atoms with Crippen LogP contribution in [0.2, 0.25) is 0 Å². The van der Waals surface area contributed by atoms with Crippen molar-refractivity contribution >= 4 is 51.8 Å². The molecule has 1 aliphatic rings. The number of guanidine groups is 1. The average Bonchev–Trinajstić information content (AvgIpc) is 3.03. The Labute approximate surface area is 163 Å². The second kappa shape index (κ2) is 10.9. The minimum atomic E-state index is -0.0677. The molecule has 5 nitrogen and oxygen atoms in total. The SMILES string of the molecule is CN=C(NCCNC(=O)c1cccc(Br)c1)NC1CCCC1.I.